The number of benzene rings is 1. The van der Waals surface area contributed by atoms with Gasteiger partial charge in [-0.2, -0.15) is 8.42 Å². The average molecular weight is 300 g/mol. The summed E-state index contributed by atoms with van der Waals surface area (Å²) in [6.45, 7) is 2.39. The predicted molar refractivity (Wildman–Crippen MR) is 75.5 cm³/mol. The van der Waals surface area contributed by atoms with Gasteiger partial charge >= 0.3 is 10.1 Å². The summed E-state index contributed by atoms with van der Waals surface area (Å²) in [5.74, 6) is 1.05. The maximum absolute atomic E-state index is 12.0. The van der Waals surface area contributed by atoms with Crippen molar-refractivity contribution in [1.29, 1.82) is 0 Å². The maximum atomic E-state index is 12.0. The molecule has 0 heterocycles. The molecule has 0 unspecified atom stereocenters. The fraction of sp³-hybridized carbons (Fsp3) is 0.571. The molecule has 1 saturated carbocycles. The smallest absolute Gasteiger partial charge is 0.309 e. The van der Waals surface area contributed by atoms with E-state index >= 15 is 0 Å². The zero-order valence-corrected chi connectivity index (χ0v) is 12.6. The van der Waals surface area contributed by atoms with E-state index in [0.29, 0.717) is 18.1 Å². The second-order valence-electron chi connectivity index (χ2n) is 4.91. The average Bonchev–Trinajstić information content (AvgIpc) is 2.33. The van der Waals surface area contributed by atoms with Crippen LogP contribution in [0, 0.1) is 5.92 Å². The topological polar surface area (TPSA) is 61.8 Å². The Hall–Kier alpha value is -1.27. The minimum absolute atomic E-state index is 0.0335. The second-order valence-corrected chi connectivity index (χ2v) is 6.53. The van der Waals surface area contributed by atoms with E-state index in [0.717, 1.165) is 12.8 Å². The highest BCUT2D eigenvalue weighted by atomic mass is 32.2. The first-order valence-corrected chi connectivity index (χ1v) is 8.28. The van der Waals surface area contributed by atoms with Gasteiger partial charge in [-0.3, -0.25) is 0 Å². The molecular weight excluding hydrogens is 280 g/mol. The molecule has 0 spiro atoms. The number of hydrogen-bond acceptors (Lipinski definition) is 5. The first-order valence-electron chi connectivity index (χ1n) is 6.70. The molecule has 1 aromatic rings. The molecule has 0 radical (unpaired) electrons. The highest BCUT2D eigenvalue weighted by Crippen LogP contribution is 2.31. The number of ether oxygens (including phenoxy) is 2. The molecule has 20 heavy (non-hydrogen) atoms. The van der Waals surface area contributed by atoms with Crippen LogP contribution >= 0.6 is 0 Å². The Labute approximate surface area is 120 Å². The van der Waals surface area contributed by atoms with Crippen molar-refractivity contribution in [2.45, 2.75) is 25.9 Å². The third-order valence-corrected chi connectivity index (χ3v) is 4.63. The van der Waals surface area contributed by atoms with Crippen LogP contribution in [0.3, 0.4) is 0 Å². The van der Waals surface area contributed by atoms with Crippen molar-refractivity contribution in [3.63, 3.8) is 0 Å². The Morgan fingerprint density at radius 1 is 1.25 bits per heavy atom. The molecule has 2 rings (SSSR count). The maximum Gasteiger partial charge on any atom is 0.309 e. The Balaban J connectivity index is 1.92. The van der Waals surface area contributed by atoms with E-state index in [1.54, 1.807) is 31.4 Å². The summed E-state index contributed by atoms with van der Waals surface area (Å²) in [6, 6.07) is 6.66. The van der Waals surface area contributed by atoms with Crippen LogP contribution in [0.1, 0.15) is 19.8 Å². The largest absolute Gasteiger partial charge is 0.494 e. The monoisotopic (exact) mass is 300 g/mol. The SMILES string of the molecule is CCOc1cccc(OS(=O)(=O)CC2CC(OC)C2)c1. The van der Waals surface area contributed by atoms with Gasteiger partial charge in [0.2, 0.25) is 0 Å². The van der Waals surface area contributed by atoms with E-state index in [1.807, 2.05) is 6.92 Å². The van der Waals surface area contributed by atoms with Gasteiger partial charge in [0.25, 0.3) is 0 Å². The lowest BCUT2D eigenvalue weighted by Crippen LogP contribution is -2.36. The van der Waals surface area contributed by atoms with E-state index in [1.165, 1.54) is 0 Å². The molecule has 0 atom stereocenters. The lowest BCUT2D eigenvalue weighted by Gasteiger charge is -2.33. The van der Waals surface area contributed by atoms with Crippen LogP contribution in [0.25, 0.3) is 0 Å². The summed E-state index contributed by atoms with van der Waals surface area (Å²) in [4.78, 5) is 0. The molecule has 0 aromatic heterocycles. The third-order valence-electron chi connectivity index (χ3n) is 3.31. The fourth-order valence-corrected chi connectivity index (χ4v) is 3.57. The van der Waals surface area contributed by atoms with Crippen molar-refractivity contribution < 1.29 is 22.1 Å². The van der Waals surface area contributed by atoms with Crippen LogP contribution in [-0.4, -0.2) is 34.0 Å². The fourth-order valence-electron chi connectivity index (χ4n) is 2.25. The van der Waals surface area contributed by atoms with Crippen molar-refractivity contribution in [1.82, 2.24) is 0 Å². The lowest BCUT2D eigenvalue weighted by molar-refractivity contribution is 0.00823. The van der Waals surface area contributed by atoms with Crippen molar-refractivity contribution in [3.05, 3.63) is 24.3 Å². The Bertz CT molecular complexity index is 534. The van der Waals surface area contributed by atoms with E-state index in [9.17, 15) is 8.42 Å². The van der Waals surface area contributed by atoms with E-state index in [-0.39, 0.29) is 17.8 Å². The minimum atomic E-state index is -3.57. The Morgan fingerprint density at radius 2 is 1.95 bits per heavy atom. The number of rotatable bonds is 7. The molecule has 1 aliphatic rings. The highest BCUT2D eigenvalue weighted by Gasteiger charge is 2.33. The molecular formula is C14H20O5S. The molecule has 1 aromatic carbocycles. The highest BCUT2D eigenvalue weighted by molar-refractivity contribution is 7.87. The van der Waals surface area contributed by atoms with Crippen molar-refractivity contribution in [2.75, 3.05) is 19.5 Å². The van der Waals surface area contributed by atoms with Gasteiger partial charge in [0.1, 0.15) is 11.5 Å². The zero-order valence-electron chi connectivity index (χ0n) is 11.7. The van der Waals surface area contributed by atoms with Crippen LogP contribution in [0.5, 0.6) is 11.5 Å². The second kappa shape index (κ2) is 6.45. The minimum Gasteiger partial charge on any atom is -0.494 e. The van der Waals surface area contributed by atoms with Gasteiger partial charge in [0.05, 0.1) is 18.5 Å². The molecule has 5 nitrogen and oxygen atoms in total. The molecule has 0 saturated heterocycles. The molecule has 0 amide bonds. The van der Waals surface area contributed by atoms with Crippen LogP contribution in [-0.2, 0) is 14.9 Å². The standard InChI is InChI=1S/C14H20O5S/c1-3-18-12-5-4-6-13(9-12)19-20(15,16)10-11-7-14(8-11)17-2/h4-6,9,11,14H,3,7-8,10H2,1-2H3. The van der Waals surface area contributed by atoms with E-state index < -0.39 is 10.1 Å². The summed E-state index contributed by atoms with van der Waals surface area (Å²) in [5.41, 5.74) is 0. The van der Waals surface area contributed by atoms with Gasteiger partial charge in [-0.15, -0.1) is 0 Å². The first-order chi connectivity index (χ1) is 9.52. The van der Waals surface area contributed by atoms with Gasteiger partial charge in [0, 0.05) is 13.2 Å². The molecule has 1 fully saturated rings. The van der Waals surface area contributed by atoms with E-state index in [4.69, 9.17) is 13.7 Å². The predicted octanol–water partition coefficient (Wildman–Crippen LogP) is 2.22. The van der Waals surface area contributed by atoms with Crippen LogP contribution in [0.4, 0.5) is 0 Å². The number of hydrogen-bond donors (Lipinski definition) is 0. The molecule has 0 aliphatic heterocycles. The van der Waals surface area contributed by atoms with E-state index in [2.05, 4.69) is 0 Å². The number of methoxy groups -OCH3 is 1. The Kier molecular flexibility index (Phi) is 4.88. The molecule has 6 heteroatoms. The molecule has 1 aliphatic carbocycles. The quantitative estimate of drug-likeness (QED) is 0.723. The summed E-state index contributed by atoms with van der Waals surface area (Å²) in [7, 11) is -1.93. The van der Waals surface area contributed by atoms with Gasteiger partial charge in [-0.05, 0) is 37.8 Å². The van der Waals surface area contributed by atoms with Crippen LogP contribution < -0.4 is 8.92 Å². The van der Waals surface area contributed by atoms with Gasteiger partial charge in [0.15, 0.2) is 0 Å². The Morgan fingerprint density at radius 3 is 2.60 bits per heavy atom. The molecule has 112 valence electrons. The van der Waals surface area contributed by atoms with Gasteiger partial charge in [-0.1, -0.05) is 6.07 Å². The lowest BCUT2D eigenvalue weighted by atomic mass is 9.84. The first kappa shape index (κ1) is 15.1. The zero-order chi connectivity index (χ0) is 14.6. The van der Waals surface area contributed by atoms with Crippen LogP contribution in [0.2, 0.25) is 0 Å². The summed E-state index contributed by atoms with van der Waals surface area (Å²) < 4.78 is 39.5. The van der Waals surface area contributed by atoms with Gasteiger partial charge in [-0.25, -0.2) is 0 Å². The van der Waals surface area contributed by atoms with Crippen molar-refractivity contribution >= 4 is 10.1 Å². The molecule has 0 bridgehead atoms. The van der Waals surface area contributed by atoms with Crippen LogP contribution in [0.15, 0.2) is 24.3 Å². The summed E-state index contributed by atoms with van der Waals surface area (Å²) >= 11 is 0. The van der Waals surface area contributed by atoms with Crippen molar-refractivity contribution in [2.24, 2.45) is 5.92 Å². The van der Waals surface area contributed by atoms with Crippen molar-refractivity contribution in [3.8, 4) is 11.5 Å². The summed E-state index contributed by atoms with van der Waals surface area (Å²) in [6.07, 6.45) is 1.74. The third kappa shape index (κ3) is 4.11. The van der Waals surface area contributed by atoms with Gasteiger partial charge < -0.3 is 13.7 Å². The molecule has 0 N–H and O–H groups in total. The normalized spacial score (nSPS) is 22.1. The summed E-state index contributed by atoms with van der Waals surface area (Å²) in [5, 5.41) is 0.